The zero-order valence-corrected chi connectivity index (χ0v) is 10.2. The van der Waals surface area contributed by atoms with E-state index < -0.39 is 11.8 Å². The zero-order chi connectivity index (χ0) is 13.3. The highest BCUT2D eigenvalue weighted by Gasteiger charge is 2.17. The van der Waals surface area contributed by atoms with E-state index in [4.69, 9.17) is 10.5 Å². The van der Waals surface area contributed by atoms with E-state index in [9.17, 15) is 9.18 Å². The fourth-order valence-corrected chi connectivity index (χ4v) is 1.80. The minimum absolute atomic E-state index is 0.0691. The summed E-state index contributed by atoms with van der Waals surface area (Å²) in [7, 11) is 0. The molecule has 0 amide bonds. The largest absolute Gasteiger partial charge is 0.462 e. The third kappa shape index (κ3) is 1.88. The first-order chi connectivity index (χ1) is 8.56. The minimum atomic E-state index is -0.592. The van der Waals surface area contributed by atoms with Crippen LogP contribution in [-0.4, -0.2) is 17.6 Å². The third-order valence-electron chi connectivity index (χ3n) is 2.71. The Kier molecular flexibility index (Phi) is 3.14. The number of halogens is 1. The van der Waals surface area contributed by atoms with Crippen LogP contribution in [0.15, 0.2) is 18.3 Å². The molecule has 94 valence electrons. The molecule has 5 heteroatoms. The maximum absolute atomic E-state index is 13.8. The van der Waals surface area contributed by atoms with Crippen LogP contribution in [-0.2, 0) is 4.74 Å². The molecule has 0 saturated heterocycles. The number of aromatic nitrogens is 1. The third-order valence-corrected chi connectivity index (χ3v) is 2.71. The quantitative estimate of drug-likeness (QED) is 0.829. The molecule has 0 atom stereocenters. The SMILES string of the molecule is CCOC(=O)c1cnc2c(C)ccc(F)c2c1N. The average Bonchev–Trinajstić information content (AvgIpc) is 2.34. The molecule has 0 aliphatic rings. The molecule has 1 aromatic heterocycles. The van der Waals surface area contributed by atoms with E-state index in [2.05, 4.69) is 4.98 Å². The molecule has 2 aromatic rings. The van der Waals surface area contributed by atoms with Crippen molar-refractivity contribution in [3.8, 4) is 0 Å². The molecule has 0 spiro atoms. The minimum Gasteiger partial charge on any atom is -0.462 e. The summed E-state index contributed by atoms with van der Waals surface area (Å²) in [6.45, 7) is 3.72. The molecule has 0 aliphatic heterocycles. The van der Waals surface area contributed by atoms with Crippen molar-refractivity contribution in [3.63, 3.8) is 0 Å². The standard InChI is InChI=1S/C13H13FN2O2/c1-3-18-13(17)8-6-16-12-7(2)4-5-9(14)10(12)11(8)15/h4-6H,3H2,1-2H3,(H2,15,16). The molecule has 2 rings (SSSR count). The lowest BCUT2D eigenvalue weighted by Gasteiger charge is -2.09. The highest BCUT2D eigenvalue weighted by Crippen LogP contribution is 2.28. The van der Waals surface area contributed by atoms with E-state index in [0.717, 1.165) is 5.56 Å². The fraction of sp³-hybridized carbons (Fsp3) is 0.231. The van der Waals surface area contributed by atoms with Crippen molar-refractivity contribution in [2.75, 3.05) is 12.3 Å². The van der Waals surface area contributed by atoms with Crippen LogP contribution in [0.3, 0.4) is 0 Å². The first kappa shape index (κ1) is 12.3. The van der Waals surface area contributed by atoms with E-state index in [0.29, 0.717) is 5.52 Å². The molecule has 0 aliphatic carbocycles. The highest BCUT2D eigenvalue weighted by atomic mass is 19.1. The molecule has 0 bridgehead atoms. The lowest BCUT2D eigenvalue weighted by molar-refractivity contribution is 0.0527. The number of hydrogen-bond donors (Lipinski definition) is 1. The van der Waals surface area contributed by atoms with E-state index >= 15 is 0 Å². The van der Waals surface area contributed by atoms with E-state index in [1.54, 1.807) is 19.9 Å². The molecule has 1 aromatic carbocycles. The summed E-state index contributed by atoms with van der Waals surface area (Å²) in [5, 5.41) is 0.167. The highest BCUT2D eigenvalue weighted by molar-refractivity contribution is 6.04. The van der Waals surface area contributed by atoms with Crippen molar-refractivity contribution in [2.45, 2.75) is 13.8 Å². The van der Waals surface area contributed by atoms with Gasteiger partial charge in [0.1, 0.15) is 11.4 Å². The van der Waals surface area contributed by atoms with Gasteiger partial charge in [0.05, 0.1) is 23.2 Å². The lowest BCUT2D eigenvalue weighted by Crippen LogP contribution is -2.09. The second-order valence-electron chi connectivity index (χ2n) is 3.89. The van der Waals surface area contributed by atoms with Crippen LogP contribution in [0.2, 0.25) is 0 Å². The predicted octanol–water partition coefficient (Wildman–Crippen LogP) is 2.44. The van der Waals surface area contributed by atoms with Crippen LogP contribution >= 0.6 is 0 Å². The number of benzene rings is 1. The van der Waals surface area contributed by atoms with Crippen LogP contribution in [0.1, 0.15) is 22.8 Å². The molecule has 0 saturated carbocycles. The average molecular weight is 248 g/mol. The number of hydrogen-bond acceptors (Lipinski definition) is 4. The number of carbonyl (C=O) groups excluding carboxylic acids is 1. The van der Waals surface area contributed by atoms with Crippen molar-refractivity contribution in [1.82, 2.24) is 4.98 Å². The smallest absolute Gasteiger partial charge is 0.341 e. The van der Waals surface area contributed by atoms with Crippen molar-refractivity contribution in [1.29, 1.82) is 0 Å². The Morgan fingerprint density at radius 1 is 1.50 bits per heavy atom. The monoisotopic (exact) mass is 248 g/mol. The van der Waals surface area contributed by atoms with E-state index in [-0.39, 0.29) is 23.2 Å². The molecule has 1 heterocycles. The van der Waals surface area contributed by atoms with Crippen molar-refractivity contribution in [3.05, 3.63) is 35.3 Å². The van der Waals surface area contributed by atoms with Gasteiger partial charge in [0, 0.05) is 6.20 Å². The molecular weight excluding hydrogens is 235 g/mol. The van der Waals surface area contributed by atoms with E-state index in [1.807, 2.05) is 0 Å². The first-order valence-electron chi connectivity index (χ1n) is 5.56. The summed E-state index contributed by atoms with van der Waals surface area (Å²) in [4.78, 5) is 15.7. The van der Waals surface area contributed by atoms with Gasteiger partial charge < -0.3 is 10.5 Å². The molecular formula is C13H13FN2O2. The maximum Gasteiger partial charge on any atom is 0.341 e. The second kappa shape index (κ2) is 4.60. The number of aryl methyl sites for hydroxylation is 1. The van der Waals surface area contributed by atoms with Crippen LogP contribution in [0.5, 0.6) is 0 Å². The van der Waals surface area contributed by atoms with Gasteiger partial charge in [-0.15, -0.1) is 0 Å². The normalized spacial score (nSPS) is 10.6. The Bertz CT molecular complexity index is 626. The topological polar surface area (TPSA) is 65.2 Å². The first-order valence-corrected chi connectivity index (χ1v) is 5.56. The molecule has 0 radical (unpaired) electrons. The van der Waals surface area contributed by atoms with Crippen LogP contribution < -0.4 is 5.73 Å². The van der Waals surface area contributed by atoms with Gasteiger partial charge in [0.25, 0.3) is 0 Å². The number of nitrogens with two attached hydrogens (primary N) is 1. The van der Waals surface area contributed by atoms with Crippen molar-refractivity contribution >= 4 is 22.6 Å². The van der Waals surface area contributed by atoms with E-state index in [1.165, 1.54) is 12.3 Å². The van der Waals surface area contributed by atoms with Gasteiger partial charge >= 0.3 is 5.97 Å². The number of nitrogen functional groups attached to an aromatic ring is 1. The lowest BCUT2D eigenvalue weighted by atomic mass is 10.1. The van der Waals surface area contributed by atoms with Crippen LogP contribution in [0.4, 0.5) is 10.1 Å². The van der Waals surface area contributed by atoms with Gasteiger partial charge in [-0.3, -0.25) is 4.98 Å². The van der Waals surface area contributed by atoms with Crippen LogP contribution in [0.25, 0.3) is 10.9 Å². The summed E-state index contributed by atoms with van der Waals surface area (Å²) >= 11 is 0. The van der Waals surface area contributed by atoms with Gasteiger partial charge in [0.2, 0.25) is 0 Å². The van der Waals surface area contributed by atoms with Gasteiger partial charge in [-0.2, -0.15) is 0 Å². The van der Waals surface area contributed by atoms with Crippen molar-refractivity contribution < 1.29 is 13.9 Å². The molecule has 18 heavy (non-hydrogen) atoms. The van der Waals surface area contributed by atoms with Gasteiger partial charge in [0.15, 0.2) is 0 Å². The van der Waals surface area contributed by atoms with Crippen LogP contribution in [0, 0.1) is 12.7 Å². The van der Waals surface area contributed by atoms with Gasteiger partial charge in [-0.05, 0) is 25.5 Å². The molecule has 4 nitrogen and oxygen atoms in total. The number of esters is 1. The Labute approximate surface area is 104 Å². The molecule has 0 fully saturated rings. The fourth-order valence-electron chi connectivity index (χ4n) is 1.80. The number of fused-ring (bicyclic) bond motifs is 1. The van der Waals surface area contributed by atoms with Gasteiger partial charge in [-0.25, -0.2) is 9.18 Å². The van der Waals surface area contributed by atoms with Gasteiger partial charge in [-0.1, -0.05) is 6.07 Å². The molecule has 2 N–H and O–H groups in total. The zero-order valence-electron chi connectivity index (χ0n) is 10.2. The Morgan fingerprint density at radius 2 is 2.22 bits per heavy atom. The number of nitrogens with zero attached hydrogens (tertiary/aromatic N) is 1. The number of carbonyl (C=O) groups is 1. The summed E-state index contributed by atoms with van der Waals surface area (Å²) in [5.41, 5.74) is 7.26. The Hall–Kier alpha value is -2.17. The second-order valence-corrected chi connectivity index (χ2v) is 3.89. The number of rotatable bonds is 2. The summed E-state index contributed by atoms with van der Waals surface area (Å²) in [5.74, 6) is -1.09. The Morgan fingerprint density at radius 3 is 2.89 bits per heavy atom. The summed E-state index contributed by atoms with van der Waals surface area (Å²) in [6.07, 6.45) is 1.32. The number of pyridine rings is 1. The Balaban J connectivity index is 2.71. The van der Waals surface area contributed by atoms with Crippen molar-refractivity contribution in [2.24, 2.45) is 0 Å². The predicted molar refractivity (Wildman–Crippen MR) is 66.8 cm³/mol. The summed E-state index contributed by atoms with van der Waals surface area (Å²) < 4.78 is 18.6. The molecule has 0 unspecified atom stereocenters. The maximum atomic E-state index is 13.8. The summed E-state index contributed by atoms with van der Waals surface area (Å²) in [6, 6.07) is 2.93. The number of anilines is 1. The number of ether oxygens (including phenoxy) is 1.